The fraction of sp³-hybridized carbons (Fsp3) is 0.231. The average molecular weight is 408 g/mol. The largest absolute Gasteiger partial charge is 0.338 e. The van der Waals surface area contributed by atoms with Crippen molar-refractivity contribution in [3.05, 3.63) is 39.8 Å². The van der Waals surface area contributed by atoms with Crippen LogP contribution in [0, 0.1) is 11.6 Å². The Morgan fingerprint density at radius 2 is 2.18 bits per heavy atom. The maximum atomic E-state index is 13.5. The molecule has 2 aromatic rings. The van der Waals surface area contributed by atoms with Gasteiger partial charge in [-0.2, -0.15) is 0 Å². The van der Waals surface area contributed by atoms with Gasteiger partial charge in [-0.15, -0.1) is 11.3 Å². The van der Waals surface area contributed by atoms with Crippen LogP contribution in [0.1, 0.15) is 6.42 Å². The highest BCUT2D eigenvalue weighted by atomic mass is 79.9. The van der Waals surface area contributed by atoms with E-state index in [9.17, 15) is 13.6 Å². The van der Waals surface area contributed by atoms with Crippen molar-refractivity contribution in [2.45, 2.75) is 10.8 Å². The summed E-state index contributed by atoms with van der Waals surface area (Å²) in [6, 6.07) is 1.33. The third-order valence-corrected chi connectivity index (χ3v) is 5.16. The van der Waals surface area contributed by atoms with Gasteiger partial charge in [0.25, 0.3) is 0 Å². The number of benzene rings is 1. The average Bonchev–Trinajstić information content (AvgIpc) is 2.97. The molecule has 1 heterocycles. The number of thiazole rings is 1. The molecule has 0 atom stereocenters. The molecule has 0 unspecified atom stereocenters. The lowest BCUT2D eigenvalue weighted by Crippen LogP contribution is -2.30. The molecular formula is C13H12BrF2N3OS2. The highest BCUT2D eigenvalue weighted by Crippen LogP contribution is 2.23. The van der Waals surface area contributed by atoms with Gasteiger partial charge >= 0.3 is 6.03 Å². The third-order valence-electron chi connectivity index (χ3n) is 2.50. The molecule has 0 fully saturated rings. The Hall–Kier alpha value is -1.19. The number of urea groups is 1. The van der Waals surface area contributed by atoms with Crippen LogP contribution in [0.15, 0.2) is 32.5 Å². The number of carbonyl (C=O) groups excluding carboxylic acids is 1. The van der Waals surface area contributed by atoms with Crippen molar-refractivity contribution in [2.75, 3.05) is 17.6 Å². The molecule has 1 aromatic heterocycles. The van der Waals surface area contributed by atoms with Crippen molar-refractivity contribution in [1.29, 1.82) is 0 Å². The lowest BCUT2D eigenvalue weighted by atomic mass is 10.3. The summed E-state index contributed by atoms with van der Waals surface area (Å²) in [4.78, 5) is 15.7. The van der Waals surface area contributed by atoms with Crippen molar-refractivity contribution in [2.24, 2.45) is 0 Å². The van der Waals surface area contributed by atoms with Crippen molar-refractivity contribution >= 4 is 50.7 Å². The number of hydrogen-bond donors (Lipinski definition) is 2. The van der Waals surface area contributed by atoms with Gasteiger partial charge < -0.3 is 10.6 Å². The molecular weight excluding hydrogens is 396 g/mol. The Kier molecular flexibility index (Phi) is 6.59. The van der Waals surface area contributed by atoms with E-state index in [0.717, 1.165) is 28.6 Å². The lowest BCUT2D eigenvalue weighted by Gasteiger charge is -2.09. The van der Waals surface area contributed by atoms with Crippen molar-refractivity contribution in [3.8, 4) is 0 Å². The Bertz CT molecular complexity index is 640. The molecule has 2 amide bonds. The Labute approximate surface area is 142 Å². The number of rotatable bonds is 6. The zero-order valence-corrected chi connectivity index (χ0v) is 14.5. The molecule has 118 valence electrons. The minimum Gasteiger partial charge on any atom is -0.338 e. The van der Waals surface area contributed by atoms with E-state index in [1.165, 1.54) is 0 Å². The number of carbonyl (C=O) groups is 1. The van der Waals surface area contributed by atoms with Gasteiger partial charge in [0.15, 0.2) is 0 Å². The zero-order valence-electron chi connectivity index (χ0n) is 11.2. The number of anilines is 1. The SMILES string of the molecule is O=C(NCCCSc1nccs1)Nc1cc(F)c(Br)cc1F. The molecule has 0 aliphatic carbocycles. The minimum atomic E-state index is -0.706. The van der Waals surface area contributed by atoms with Gasteiger partial charge in [-0.1, -0.05) is 11.8 Å². The number of nitrogens with zero attached hydrogens (tertiary/aromatic N) is 1. The lowest BCUT2D eigenvalue weighted by molar-refractivity contribution is 0.252. The monoisotopic (exact) mass is 407 g/mol. The summed E-state index contributed by atoms with van der Waals surface area (Å²) in [6.45, 7) is 0.435. The molecule has 0 spiro atoms. The van der Waals surface area contributed by atoms with Gasteiger partial charge in [-0.3, -0.25) is 0 Å². The van der Waals surface area contributed by atoms with Crippen molar-refractivity contribution in [1.82, 2.24) is 10.3 Å². The van der Waals surface area contributed by atoms with Crippen LogP contribution in [0.2, 0.25) is 0 Å². The molecule has 2 N–H and O–H groups in total. The van der Waals surface area contributed by atoms with Crippen LogP contribution in [-0.2, 0) is 0 Å². The summed E-state index contributed by atoms with van der Waals surface area (Å²) in [5, 5.41) is 6.77. The zero-order chi connectivity index (χ0) is 15.9. The van der Waals surface area contributed by atoms with E-state index in [1.807, 2.05) is 5.38 Å². The van der Waals surface area contributed by atoms with Crippen LogP contribution in [0.25, 0.3) is 0 Å². The Balaban J connectivity index is 1.70. The first-order valence-corrected chi connectivity index (χ1v) is 8.94. The van der Waals surface area contributed by atoms with Gasteiger partial charge in [0.05, 0.1) is 10.2 Å². The third kappa shape index (κ3) is 5.22. The number of amides is 2. The maximum Gasteiger partial charge on any atom is 0.319 e. The van der Waals surface area contributed by atoms with E-state index in [0.29, 0.717) is 6.54 Å². The second-order valence-electron chi connectivity index (χ2n) is 4.13. The van der Waals surface area contributed by atoms with E-state index in [2.05, 4.69) is 31.5 Å². The summed E-state index contributed by atoms with van der Waals surface area (Å²) in [7, 11) is 0. The summed E-state index contributed by atoms with van der Waals surface area (Å²) in [5.74, 6) is -0.533. The summed E-state index contributed by atoms with van der Waals surface area (Å²) in [6.07, 6.45) is 2.49. The predicted molar refractivity (Wildman–Crippen MR) is 88.5 cm³/mol. The summed E-state index contributed by atoms with van der Waals surface area (Å²) < 4.78 is 27.8. The first kappa shape index (κ1) is 17.2. The number of halogens is 3. The molecule has 0 aliphatic heterocycles. The minimum absolute atomic E-state index is 0.00942. The van der Waals surface area contributed by atoms with Crippen LogP contribution in [0.5, 0.6) is 0 Å². The maximum absolute atomic E-state index is 13.5. The van der Waals surface area contributed by atoms with E-state index >= 15 is 0 Å². The topological polar surface area (TPSA) is 54.0 Å². The second kappa shape index (κ2) is 8.44. The predicted octanol–water partition coefficient (Wildman–Crippen LogP) is 4.49. The summed E-state index contributed by atoms with van der Waals surface area (Å²) >= 11 is 6.05. The molecule has 4 nitrogen and oxygen atoms in total. The molecule has 0 radical (unpaired) electrons. The molecule has 0 saturated carbocycles. The molecule has 0 bridgehead atoms. The molecule has 1 aromatic carbocycles. The van der Waals surface area contributed by atoms with Crippen LogP contribution < -0.4 is 10.6 Å². The van der Waals surface area contributed by atoms with Gasteiger partial charge in [-0.05, 0) is 28.4 Å². The Morgan fingerprint density at radius 1 is 1.36 bits per heavy atom. The first-order valence-electron chi connectivity index (χ1n) is 6.28. The molecule has 9 heteroatoms. The smallest absolute Gasteiger partial charge is 0.319 e. The van der Waals surface area contributed by atoms with Crippen molar-refractivity contribution < 1.29 is 13.6 Å². The van der Waals surface area contributed by atoms with Gasteiger partial charge in [0.1, 0.15) is 16.0 Å². The molecule has 2 rings (SSSR count). The molecule has 0 aliphatic rings. The number of nitrogens with one attached hydrogen (secondary N) is 2. The van der Waals surface area contributed by atoms with E-state index in [1.54, 1.807) is 29.3 Å². The van der Waals surface area contributed by atoms with Crippen LogP contribution in [0.4, 0.5) is 19.3 Å². The fourth-order valence-electron chi connectivity index (χ4n) is 1.50. The van der Waals surface area contributed by atoms with Crippen LogP contribution in [-0.4, -0.2) is 23.3 Å². The second-order valence-corrected chi connectivity index (χ2v) is 7.22. The number of hydrogen-bond acceptors (Lipinski definition) is 4. The van der Waals surface area contributed by atoms with E-state index < -0.39 is 17.7 Å². The first-order chi connectivity index (χ1) is 10.6. The van der Waals surface area contributed by atoms with Crippen LogP contribution in [0.3, 0.4) is 0 Å². The van der Waals surface area contributed by atoms with Gasteiger partial charge in [-0.25, -0.2) is 18.6 Å². The Morgan fingerprint density at radius 3 is 2.91 bits per heavy atom. The number of thioether (sulfide) groups is 1. The normalized spacial score (nSPS) is 10.5. The highest BCUT2D eigenvalue weighted by Gasteiger charge is 2.10. The molecule has 22 heavy (non-hydrogen) atoms. The van der Waals surface area contributed by atoms with Crippen molar-refractivity contribution in [3.63, 3.8) is 0 Å². The van der Waals surface area contributed by atoms with Crippen LogP contribution >= 0.6 is 39.0 Å². The van der Waals surface area contributed by atoms with Gasteiger partial charge in [0.2, 0.25) is 0 Å². The standard InChI is InChI=1S/C13H12BrF2N3OS2/c14-8-6-10(16)11(7-9(8)15)19-12(20)17-2-1-4-21-13-18-3-5-22-13/h3,5-7H,1-2,4H2,(H2,17,19,20). The summed E-state index contributed by atoms with van der Waals surface area (Å²) in [5.41, 5.74) is -0.199. The quantitative estimate of drug-likeness (QED) is 0.421. The fourth-order valence-corrected chi connectivity index (χ4v) is 3.46. The van der Waals surface area contributed by atoms with E-state index in [4.69, 9.17) is 0 Å². The highest BCUT2D eigenvalue weighted by molar-refractivity contribution is 9.10. The van der Waals surface area contributed by atoms with E-state index in [-0.39, 0.29) is 10.2 Å². The van der Waals surface area contributed by atoms with Gasteiger partial charge in [0, 0.05) is 29.9 Å². The number of aromatic nitrogens is 1. The molecule has 0 saturated heterocycles.